The number of anilines is 2. The molecule has 2 aromatic rings. The SMILES string of the molecule is CCCCC(=O)Nc1ccc(SC(C)C(=O)Nc2ccc(C(C)C)cc2)cc1. The highest BCUT2D eigenvalue weighted by atomic mass is 32.2. The van der Waals surface area contributed by atoms with Crippen molar-refractivity contribution in [1.82, 2.24) is 0 Å². The molecule has 4 nitrogen and oxygen atoms in total. The lowest BCUT2D eigenvalue weighted by molar-refractivity contribution is -0.116. The van der Waals surface area contributed by atoms with Crippen LogP contribution in [-0.4, -0.2) is 17.1 Å². The van der Waals surface area contributed by atoms with Crippen LogP contribution < -0.4 is 10.6 Å². The zero-order chi connectivity index (χ0) is 20.5. The summed E-state index contributed by atoms with van der Waals surface area (Å²) in [7, 11) is 0. The van der Waals surface area contributed by atoms with Crippen molar-refractivity contribution in [1.29, 1.82) is 0 Å². The van der Waals surface area contributed by atoms with Gasteiger partial charge in [-0.15, -0.1) is 11.8 Å². The predicted molar refractivity (Wildman–Crippen MR) is 119 cm³/mol. The molecule has 0 fully saturated rings. The van der Waals surface area contributed by atoms with Gasteiger partial charge in [-0.25, -0.2) is 0 Å². The second kappa shape index (κ2) is 10.9. The van der Waals surface area contributed by atoms with Crippen molar-refractivity contribution in [3.05, 3.63) is 54.1 Å². The average molecular weight is 399 g/mol. The second-order valence-electron chi connectivity index (χ2n) is 7.20. The van der Waals surface area contributed by atoms with Gasteiger partial charge in [0.2, 0.25) is 11.8 Å². The first-order valence-corrected chi connectivity index (χ1v) is 10.7. The molecule has 0 saturated carbocycles. The first kappa shape index (κ1) is 22.0. The summed E-state index contributed by atoms with van der Waals surface area (Å²) in [6.07, 6.45) is 2.44. The van der Waals surface area contributed by atoms with Crippen LogP contribution in [0.3, 0.4) is 0 Å². The number of unbranched alkanes of at least 4 members (excludes halogenated alkanes) is 1. The van der Waals surface area contributed by atoms with E-state index in [0.717, 1.165) is 29.1 Å². The van der Waals surface area contributed by atoms with Gasteiger partial charge in [0, 0.05) is 22.7 Å². The number of carbonyl (C=O) groups is 2. The molecule has 0 saturated heterocycles. The lowest BCUT2D eigenvalue weighted by Gasteiger charge is -2.13. The van der Waals surface area contributed by atoms with Gasteiger partial charge in [-0.2, -0.15) is 0 Å². The third-order valence-electron chi connectivity index (χ3n) is 4.42. The van der Waals surface area contributed by atoms with E-state index in [1.165, 1.54) is 17.3 Å². The Morgan fingerprint density at radius 2 is 1.46 bits per heavy atom. The molecule has 0 aromatic heterocycles. The van der Waals surface area contributed by atoms with Crippen molar-refractivity contribution in [2.75, 3.05) is 10.6 Å². The van der Waals surface area contributed by atoms with Crippen molar-refractivity contribution in [3.63, 3.8) is 0 Å². The molecule has 1 atom stereocenters. The zero-order valence-corrected chi connectivity index (χ0v) is 17.9. The maximum atomic E-state index is 12.5. The minimum atomic E-state index is -0.227. The highest BCUT2D eigenvalue weighted by molar-refractivity contribution is 8.00. The van der Waals surface area contributed by atoms with Gasteiger partial charge in [-0.3, -0.25) is 9.59 Å². The van der Waals surface area contributed by atoms with Gasteiger partial charge in [0.25, 0.3) is 0 Å². The van der Waals surface area contributed by atoms with E-state index in [0.29, 0.717) is 12.3 Å². The highest BCUT2D eigenvalue weighted by Crippen LogP contribution is 2.26. The van der Waals surface area contributed by atoms with Crippen LogP contribution in [-0.2, 0) is 9.59 Å². The molecule has 150 valence electrons. The fourth-order valence-corrected chi connectivity index (χ4v) is 3.50. The normalized spacial score (nSPS) is 11.9. The number of nitrogens with one attached hydrogen (secondary N) is 2. The van der Waals surface area contributed by atoms with Crippen molar-refractivity contribution >= 4 is 35.0 Å². The van der Waals surface area contributed by atoms with Gasteiger partial charge < -0.3 is 10.6 Å². The van der Waals surface area contributed by atoms with Gasteiger partial charge in [-0.05, 0) is 61.2 Å². The molecule has 0 aliphatic carbocycles. The van der Waals surface area contributed by atoms with Crippen LogP contribution in [0.4, 0.5) is 11.4 Å². The molecule has 0 radical (unpaired) electrons. The van der Waals surface area contributed by atoms with Gasteiger partial charge in [-0.1, -0.05) is 39.3 Å². The van der Waals surface area contributed by atoms with E-state index < -0.39 is 0 Å². The van der Waals surface area contributed by atoms with E-state index in [2.05, 4.69) is 31.4 Å². The van der Waals surface area contributed by atoms with E-state index in [-0.39, 0.29) is 17.1 Å². The first-order chi connectivity index (χ1) is 13.4. The van der Waals surface area contributed by atoms with Crippen LogP contribution in [0, 0.1) is 0 Å². The van der Waals surface area contributed by atoms with Crippen LogP contribution in [0.1, 0.15) is 58.4 Å². The molecule has 2 rings (SSSR count). The summed E-state index contributed by atoms with van der Waals surface area (Å²) in [6.45, 7) is 8.25. The van der Waals surface area contributed by atoms with Gasteiger partial charge in [0.15, 0.2) is 0 Å². The minimum Gasteiger partial charge on any atom is -0.326 e. The van der Waals surface area contributed by atoms with Gasteiger partial charge in [0.05, 0.1) is 5.25 Å². The quantitative estimate of drug-likeness (QED) is 0.505. The molecule has 0 heterocycles. The van der Waals surface area contributed by atoms with Crippen LogP contribution >= 0.6 is 11.8 Å². The Hall–Kier alpha value is -2.27. The molecule has 1 unspecified atom stereocenters. The summed E-state index contributed by atoms with van der Waals surface area (Å²) in [6, 6.07) is 15.6. The van der Waals surface area contributed by atoms with Crippen LogP contribution in [0.15, 0.2) is 53.4 Å². The number of hydrogen-bond acceptors (Lipinski definition) is 3. The van der Waals surface area contributed by atoms with E-state index in [9.17, 15) is 9.59 Å². The number of hydrogen-bond donors (Lipinski definition) is 2. The molecule has 28 heavy (non-hydrogen) atoms. The van der Waals surface area contributed by atoms with Crippen molar-refractivity contribution in [3.8, 4) is 0 Å². The molecule has 0 aliphatic heterocycles. The Kier molecular flexibility index (Phi) is 8.58. The molecule has 5 heteroatoms. The highest BCUT2D eigenvalue weighted by Gasteiger charge is 2.15. The number of carbonyl (C=O) groups excluding carboxylic acids is 2. The number of rotatable bonds is 9. The minimum absolute atomic E-state index is 0.0285. The lowest BCUT2D eigenvalue weighted by Crippen LogP contribution is -2.22. The molecule has 2 amide bonds. The van der Waals surface area contributed by atoms with Crippen molar-refractivity contribution in [2.24, 2.45) is 0 Å². The van der Waals surface area contributed by atoms with Crippen LogP contribution in [0.2, 0.25) is 0 Å². The van der Waals surface area contributed by atoms with E-state index >= 15 is 0 Å². The molecular weight excluding hydrogens is 368 g/mol. The van der Waals surface area contributed by atoms with E-state index in [1.807, 2.05) is 55.5 Å². The number of thioether (sulfide) groups is 1. The molecule has 2 N–H and O–H groups in total. The Labute approximate surface area is 172 Å². The summed E-state index contributed by atoms with van der Waals surface area (Å²) in [5, 5.41) is 5.64. The van der Waals surface area contributed by atoms with Gasteiger partial charge >= 0.3 is 0 Å². The Bertz CT molecular complexity index is 770. The summed E-state index contributed by atoms with van der Waals surface area (Å²) >= 11 is 1.50. The number of amides is 2. The molecule has 2 aromatic carbocycles. The monoisotopic (exact) mass is 398 g/mol. The smallest absolute Gasteiger partial charge is 0.237 e. The Morgan fingerprint density at radius 3 is 2.04 bits per heavy atom. The third-order valence-corrected chi connectivity index (χ3v) is 5.53. The van der Waals surface area contributed by atoms with Crippen molar-refractivity contribution < 1.29 is 9.59 Å². The number of benzene rings is 2. The fourth-order valence-electron chi connectivity index (χ4n) is 2.63. The summed E-state index contributed by atoms with van der Waals surface area (Å²) in [5.41, 5.74) is 2.85. The maximum absolute atomic E-state index is 12.5. The largest absolute Gasteiger partial charge is 0.326 e. The van der Waals surface area contributed by atoms with E-state index in [4.69, 9.17) is 0 Å². The molecule has 0 aliphatic rings. The van der Waals surface area contributed by atoms with E-state index in [1.54, 1.807) is 0 Å². The standard InChI is InChI=1S/C23H30N2O2S/c1-5-6-7-22(26)24-19-12-14-21(15-13-19)28-17(4)23(27)25-20-10-8-18(9-11-20)16(2)3/h8-17H,5-7H2,1-4H3,(H,24,26)(H,25,27). The van der Waals surface area contributed by atoms with Gasteiger partial charge in [0.1, 0.15) is 0 Å². The lowest BCUT2D eigenvalue weighted by atomic mass is 10.0. The summed E-state index contributed by atoms with van der Waals surface area (Å²) < 4.78 is 0. The maximum Gasteiger partial charge on any atom is 0.237 e. The zero-order valence-electron chi connectivity index (χ0n) is 17.1. The predicted octanol–water partition coefficient (Wildman–Crippen LogP) is 6.06. The second-order valence-corrected chi connectivity index (χ2v) is 8.62. The topological polar surface area (TPSA) is 58.2 Å². The Morgan fingerprint density at radius 1 is 0.893 bits per heavy atom. The Balaban J connectivity index is 1.86. The van der Waals surface area contributed by atoms with Crippen molar-refractivity contribution in [2.45, 2.75) is 63.0 Å². The first-order valence-electron chi connectivity index (χ1n) is 9.86. The molecule has 0 bridgehead atoms. The average Bonchev–Trinajstić information content (AvgIpc) is 2.68. The van der Waals surface area contributed by atoms with Crippen LogP contribution in [0.25, 0.3) is 0 Å². The van der Waals surface area contributed by atoms with Crippen LogP contribution in [0.5, 0.6) is 0 Å². The molecular formula is C23H30N2O2S. The summed E-state index contributed by atoms with van der Waals surface area (Å²) in [5.74, 6) is 0.483. The molecule has 0 spiro atoms. The third kappa shape index (κ3) is 7.04. The summed E-state index contributed by atoms with van der Waals surface area (Å²) in [4.78, 5) is 25.2. The fraction of sp³-hybridized carbons (Fsp3) is 0.391.